The van der Waals surface area contributed by atoms with Gasteiger partial charge in [-0.15, -0.1) is 11.3 Å². The second kappa shape index (κ2) is 6.66. The molecule has 2 heterocycles. The average Bonchev–Trinajstić information content (AvgIpc) is 2.77. The van der Waals surface area contributed by atoms with E-state index in [1.807, 2.05) is 26.8 Å². The van der Waals surface area contributed by atoms with Gasteiger partial charge in [0.15, 0.2) is 0 Å². The molecule has 0 aromatic carbocycles. The molecule has 1 aliphatic rings. The minimum Gasteiger partial charge on any atom is -0.480 e. The molecule has 0 fully saturated rings. The Morgan fingerprint density at radius 1 is 1.41 bits per heavy atom. The van der Waals surface area contributed by atoms with Crippen LogP contribution in [0.1, 0.15) is 36.1 Å². The normalized spacial score (nSPS) is 14.6. The van der Waals surface area contributed by atoms with Crippen molar-refractivity contribution in [3.63, 3.8) is 0 Å². The van der Waals surface area contributed by atoms with E-state index in [0.717, 1.165) is 16.9 Å². The highest BCUT2D eigenvalue weighted by Gasteiger charge is 2.26. The van der Waals surface area contributed by atoms with Crippen LogP contribution in [0.5, 0.6) is 0 Å². The SMILES string of the molecule is CC(C)(C)OC(=O)N1CCc2sc(COCC(=O)O)cc2C1. The number of hydrogen-bond donors (Lipinski definition) is 1. The summed E-state index contributed by atoms with van der Waals surface area (Å²) in [6.07, 6.45) is 0.492. The highest BCUT2D eigenvalue weighted by Crippen LogP contribution is 2.29. The minimum absolute atomic E-state index is 0.288. The smallest absolute Gasteiger partial charge is 0.410 e. The number of carboxylic acids is 1. The number of hydrogen-bond acceptors (Lipinski definition) is 5. The van der Waals surface area contributed by atoms with E-state index < -0.39 is 11.6 Å². The fourth-order valence-corrected chi connectivity index (χ4v) is 3.29. The van der Waals surface area contributed by atoms with Crippen LogP contribution in [0.3, 0.4) is 0 Å². The first-order valence-electron chi connectivity index (χ1n) is 7.12. The molecule has 1 amide bonds. The zero-order valence-electron chi connectivity index (χ0n) is 13.0. The molecule has 0 atom stereocenters. The van der Waals surface area contributed by atoms with Crippen molar-refractivity contribution in [3.8, 4) is 0 Å². The zero-order valence-corrected chi connectivity index (χ0v) is 13.9. The van der Waals surface area contributed by atoms with Gasteiger partial charge >= 0.3 is 12.1 Å². The molecule has 0 radical (unpaired) electrons. The van der Waals surface area contributed by atoms with E-state index in [9.17, 15) is 9.59 Å². The van der Waals surface area contributed by atoms with E-state index in [1.54, 1.807) is 16.2 Å². The van der Waals surface area contributed by atoms with Crippen LogP contribution >= 0.6 is 11.3 Å². The lowest BCUT2D eigenvalue weighted by molar-refractivity contribution is -0.142. The minimum atomic E-state index is -0.975. The third kappa shape index (κ3) is 4.71. The predicted molar refractivity (Wildman–Crippen MR) is 82.0 cm³/mol. The molecule has 6 nitrogen and oxygen atoms in total. The lowest BCUT2D eigenvalue weighted by Gasteiger charge is -2.29. The maximum absolute atomic E-state index is 12.1. The molecular formula is C15H21NO5S. The van der Waals surface area contributed by atoms with Gasteiger partial charge in [0.1, 0.15) is 12.2 Å². The van der Waals surface area contributed by atoms with Crippen molar-refractivity contribution in [1.29, 1.82) is 0 Å². The zero-order chi connectivity index (χ0) is 16.3. The quantitative estimate of drug-likeness (QED) is 0.920. The Morgan fingerprint density at radius 2 is 2.14 bits per heavy atom. The summed E-state index contributed by atoms with van der Waals surface area (Å²) in [5, 5.41) is 8.56. The van der Waals surface area contributed by atoms with Crippen LogP contribution in [-0.4, -0.2) is 40.8 Å². The Labute approximate surface area is 133 Å². The molecule has 22 heavy (non-hydrogen) atoms. The number of nitrogens with zero attached hydrogens (tertiary/aromatic N) is 1. The molecule has 0 bridgehead atoms. The number of amides is 1. The first-order chi connectivity index (χ1) is 10.2. The van der Waals surface area contributed by atoms with E-state index in [0.29, 0.717) is 13.1 Å². The largest absolute Gasteiger partial charge is 0.480 e. The van der Waals surface area contributed by atoms with E-state index in [4.69, 9.17) is 14.6 Å². The third-order valence-electron chi connectivity index (χ3n) is 3.04. The van der Waals surface area contributed by atoms with Gasteiger partial charge in [-0.2, -0.15) is 0 Å². The van der Waals surface area contributed by atoms with Gasteiger partial charge in [-0.05, 0) is 38.8 Å². The molecule has 1 aromatic rings. The lowest BCUT2D eigenvalue weighted by Crippen LogP contribution is -2.39. The van der Waals surface area contributed by atoms with Crippen LogP contribution in [-0.2, 0) is 33.8 Å². The summed E-state index contributed by atoms with van der Waals surface area (Å²) in [6, 6.07) is 1.98. The van der Waals surface area contributed by atoms with Gasteiger partial charge in [-0.3, -0.25) is 0 Å². The number of fused-ring (bicyclic) bond motifs is 1. The highest BCUT2D eigenvalue weighted by molar-refractivity contribution is 7.12. The van der Waals surface area contributed by atoms with Gasteiger partial charge in [-0.25, -0.2) is 9.59 Å². The van der Waals surface area contributed by atoms with Crippen LogP contribution in [0.2, 0.25) is 0 Å². The van der Waals surface area contributed by atoms with Crippen molar-refractivity contribution < 1.29 is 24.2 Å². The standard InChI is InChI=1S/C15H21NO5S/c1-15(2,3)21-14(19)16-5-4-12-10(7-16)6-11(22-12)8-20-9-13(17)18/h6H,4-5,7-9H2,1-3H3,(H,17,18). The van der Waals surface area contributed by atoms with Crippen molar-refractivity contribution in [2.24, 2.45) is 0 Å². The summed E-state index contributed by atoms with van der Waals surface area (Å²) < 4.78 is 10.5. The second-order valence-electron chi connectivity index (χ2n) is 6.20. The summed E-state index contributed by atoms with van der Waals surface area (Å²) in [5.74, 6) is -0.975. The lowest BCUT2D eigenvalue weighted by atomic mass is 10.1. The first-order valence-corrected chi connectivity index (χ1v) is 7.94. The summed E-state index contributed by atoms with van der Waals surface area (Å²) >= 11 is 1.62. The van der Waals surface area contributed by atoms with Crippen LogP contribution in [0, 0.1) is 0 Å². The van der Waals surface area contributed by atoms with Gasteiger partial charge in [0.2, 0.25) is 0 Å². The van der Waals surface area contributed by atoms with Crippen LogP contribution in [0.15, 0.2) is 6.07 Å². The highest BCUT2D eigenvalue weighted by atomic mass is 32.1. The number of carbonyl (C=O) groups excluding carboxylic acids is 1. The molecule has 0 saturated carbocycles. The van der Waals surface area contributed by atoms with Crippen molar-refractivity contribution in [2.75, 3.05) is 13.2 Å². The molecule has 2 rings (SSSR count). The van der Waals surface area contributed by atoms with Gasteiger partial charge in [0.05, 0.1) is 13.2 Å². The van der Waals surface area contributed by atoms with Crippen molar-refractivity contribution in [3.05, 3.63) is 21.4 Å². The summed E-state index contributed by atoms with van der Waals surface area (Å²) in [7, 11) is 0. The Kier molecular flexibility index (Phi) is 5.08. The van der Waals surface area contributed by atoms with Gasteiger partial charge in [0.25, 0.3) is 0 Å². The summed E-state index contributed by atoms with van der Waals surface area (Å²) in [6.45, 7) is 6.70. The van der Waals surface area contributed by atoms with Crippen LogP contribution in [0.4, 0.5) is 4.79 Å². The first kappa shape index (κ1) is 16.8. The monoisotopic (exact) mass is 327 g/mol. The third-order valence-corrected chi connectivity index (χ3v) is 4.25. The van der Waals surface area contributed by atoms with E-state index >= 15 is 0 Å². The second-order valence-corrected chi connectivity index (χ2v) is 7.42. The molecule has 0 spiro atoms. The Hall–Kier alpha value is -1.60. The molecule has 7 heteroatoms. The van der Waals surface area contributed by atoms with E-state index in [-0.39, 0.29) is 19.3 Å². The fraction of sp³-hybridized carbons (Fsp3) is 0.600. The number of aliphatic carboxylic acids is 1. The number of carbonyl (C=O) groups is 2. The maximum Gasteiger partial charge on any atom is 0.410 e. The molecule has 122 valence electrons. The van der Waals surface area contributed by atoms with E-state index in [2.05, 4.69) is 0 Å². The number of rotatable bonds is 4. The number of thiophene rings is 1. The molecule has 1 N–H and O–H groups in total. The molecular weight excluding hydrogens is 306 g/mol. The van der Waals surface area contributed by atoms with E-state index in [1.165, 1.54) is 4.88 Å². The molecule has 1 aromatic heterocycles. The van der Waals surface area contributed by atoms with Crippen molar-refractivity contribution >= 4 is 23.4 Å². The molecule has 0 unspecified atom stereocenters. The summed E-state index contributed by atoms with van der Waals surface area (Å²) in [4.78, 5) is 26.4. The van der Waals surface area contributed by atoms with Gasteiger partial charge < -0.3 is 19.5 Å². The van der Waals surface area contributed by atoms with Crippen molar-refractivity contribution in [1.82, 2.24) is 4.90 Å². The van der Waals surface area contributed by atoms with Crippen molar-refractivity contribution in [2.45, 2.75) is 45.9 Å². The average molecular weight is 327 g/mol. The molecule has 1 aliphatic heterocycles. The topological polar surface area (TPSA) is 76.1 Å². The molecule has 0 aliphatic carbocycles. The number of carboxylic acid groups (broad SMARTS) is 1. The Bertz CT molecular complexity index is 561. The van der Waals surface area contributed by atoms with Crippen LogP contribution in [0.25, 0.3) is 0 Å². The predicted octanol–water partition coefficient (Wildman–Crippen LogP) is 2.64. The van der Waals surface area contributed by atoms with Crippen LogP contribution < -0.4 is 0 Å². The Morgan fingerprint density at radius 3 is 2.77 bits per heavy atom. The van der Waals surface area contributed by atoms with Gasteiger partial charge in [-0.1, -0.05) is 0 Å². The van der Waals surface area contributed by atoms with Gasteiger partial charge in [0, 0.05) is 16.3 Å². The maximum atomic E-state index is 12.1. The Balaban J connectivity index is 1.94. The fourth-order valence-electron chi connectivity index (χ4n) is 2.19. The molecule has 0 saturated heterocycles. The number of ether oxygens (including phenoxy) is 2. The summed E-state index contributed by atoms with van der Waals surface area (Å²) in [5.41, 5.74) is 0.595.